The van der Waals surface area contributed by atoms with Gasteiger partial charge in [0.15, 0.2) is 0 Å². The van der Waals surface area contributed by atoms with Gasteiger partial charge in [-0.3, -0.25) is 4.79 Å². The van der Waals surface area contributed by atoms with Crippen LogP contribution in [0.15, 0.2) is 30.3 Å². The molecule has 3 unspecified atom stereocenters. The summed E-state index contributed by atoms with van der Waals surface area (Å²) in [5.41, 5.74) is 0.997. The molecule has 25 heavy (non-hydrogen) atoms. The van der Waals surface area contributed by atoms with Crippen LogP contribution in [0.1, 0.15) is 37.7 Å². The van der Waals surface area contributed by atoms with Crippen molar-refractivity contribution in [1.29, 1.82) is 0 Å². The summed E-state index contributed by atoms with van der Waals surface area (Å²) < 4.78 is 5.42. The fourth-order valence-corrected chi connectivity index (χ4v) is 5.54. The van der Waals surface area contributed by atoms with Crippen LogP contribution in [0.5, 0.6) is 0 Å². The largest absolute Gasteiger partial charge is 0.481 e. The highest BCUT2D eigenvalue weighted by Crippen LogP contribution is 2.68. The smallest absolute Gasteiger partial charge is 0.410 e. The number of carbonyl (C=O) groups excluding carboxylic acids is 1. The lowest BCUT2D eigenvalue weighted by atomic mass is 9.53. The maximum Gasteiger partial charge on any atom is 0.410 e. The number of amides is 1. The molecule has 4 aliphatic rings. The van der Waals surface area contributed by atoms with Gasteiger partial charge < -0.3 is 14.7 Å². The van der Waals surface area contributed by atoms with Crippen LogP contribution in [-0.4, -0.2) is 35.2 Å². The van der Waals surface area contributed by atoms with Gasteiger partial charge in [-0.15, -0.1) is 0 Å². The van der Waals surface area contributed by atoms with Crippen molar-refractivity contribution < 1.29 is 19.4 Å². The molecule has 1 aromatic rings. The number of benzene rings is 1. The van der Waals surface area contributed by atoms with E-state index in [-0.39, 0.29) is 17.4 Å². The maximum atomic E-state index is 12.3. The zero-order valence-corrected chi connectivity index (χ0v) is 14.4. The first-order valence-corrected chi connectivity index (χ1v) is 9.28. The molecular weight excluding hydrogens is 318 g/mol. The third-order valence-corrected chi connectivity index (χ3v) is 6.75. The van der Waals surface area contributed by atoms with E-state index in [1.807, 2.05) is 30.3 Å². The number of carboxylic acid groups (broad SMARTS) is 1. The minimum atomic E-state index is -0.613. The van der Waals surface area contributed by atoms with Crippen molar-refractivity contribution in [3.8, 4) is 0 Å². The van der Waals surface area contributed by atoms with Crippen LogP contribution < -0.4 is 0 Å². The van der Waals surface area contributed by atoms with Crippen molar-refractivity contribution in [3.63, 3.8) is 0 Å². The van der Waals surface area contributed by atoms with E-state index in [1.165, 1.54) is 0 Å². The first-order valence-electron chi connectivity index (χ1n) is 9.28. The lowest BCUT2D eigenvalue weighted by molar-refractivity contribution is -0.161. The van der Waals surface area contributed by atoms with E-state index in [0.717, 1.165) is 37.7 Å². The highest BCUT2D eigenvalue weighted by Gasteiger charge is 2.65. The summed E-state index contributed by atoms with van der Waals surface area (Å²) in [7, 11) is 0. The number of carbonyl (C=O) groups is 2. The van der Waals surface area contributed by atoms with E-state index < -0.39 is 5.97 Å². The summed E-state index contributed by atoms with van der Waals surface area (Å²) in [5, 5.41) is 9.54. The Hall–Kier alpha value is -2.04. The van der Waals surface area contributed by atoms with Crippen molar-refractivity contribution >= 4 is 12.1 Å². The molecule has 134 valence electrons. The lowest BCUT2D eigenvalue weighted by Crippen LogP contribution is -2.53. The number of nitrogens with zero attached hydrogens (tertiary/aromatic N) is 1. The number of aliphatic carboxylic acids is 1. The molecule has 1 aliphatic heterocycles. The predicted octanol–water partition coefficient (Wildman–Crippen LogP) is 3.54. The van der Waals surface area contributed by atoms with E-state index in [0.29, 0.717) is 31.5 Å². The quantitative estimate of drug-likeness (QED) is 0.908. The van der Waals surface area contributed by atoms with Gasteiger partial charge in [-0.2, -0.15) is 0 Å². The van der Waals surface area contributed by atoms with Crippen LogP contribution in [0.25, 0.3) is 0 Å². The normalized spacial score (nSPS) is 31.4. The van der Waals surface area contributed by atoms with Gasteiger partial charge in [0.2, 0.25) is 0 Å². The van der Waals surface area contributed by atoms with Gasteiger partial charge in [0.1, 0.15) is 6.61 Å². The fraction of sp³-hybridized carbons (Fsp3) is 0.600. The van der Waals surface area contributed by atoms with E-state index >= 15 is 0 Å². The highest BCUT2D eigenvalue weighted by molar-refractivity contribution is 5.74. The Balaban J connectivity index is 1.30. The van der Waals surface area contributed by atoms with Crippen LogP contribution in [0.2, 0.25) is 0 Å². The molecule has 0 spiro atoms. The van der Waals surface area contributed by atoms with Crippen LogP contribution in [0.3, 0.4) is 0 Å². The van der Waals surface area contributed by atoms with Crippen LogP contribution in [0.4, 0.5) is 4.79 Å². The Kier molecular flexibility index (Phi) is 4.18. The molecule has 2 bridgehead atoms. The molecule has 3 aliphatic carbocycles. The van der Waals surface area contributed by atoms with Crippen molar-refractivity contribution in [3.05, 3.63) is 35.9 Å². The minimum absolute atomic E-state index is 0.0104. The number of hydrogen-bond acceptors (Lipinski definition) is 3. The molecule has 0 radical (unpaired) electrons. The second kappa shape index (κ2) is 6.36. The lowest BCUT2D eigenvalue weighted by Gasteiger charge is -2.52. The summed E-state index contributed by atoms with van der Waals surface area (Å²) in [6, 6.07) is 9.68. The van der Waals surface area contributed by atoms with Gasteiger partial charge in [0.05, 0.1) is 5.92 Å². The summed E-state index contributed by atoms with van der Waals surface area (Å²) in [6.07, 6.45) is 4.74. The molecular formula is C20H25NO4. The van der Waals surface area contributed by atoms with Crippen molar-refractivity contribution in [2.24, 2.45) is 23.2 Å². The Morgan fingerprint density at radius 1 is 1.16 bits per heavy atom. The number of ether oxygens (including phenoxy) is 1. The standard InChI is InChI=1S/C20H25NO4/c22-18(23)17-15-6-9-20(17,12-15)16-7-10-21(11-8-16)19(24)25-13-14-4-2-1-3-5-14/h1-5,15-17H,6-13H2,(H,22,23). The topological polar surface area (TPSA) is 66.8 Å². The average molecular weight is 343 g/mol. The molecule has 0 aromatic heterocycles. The monoisotopic (exact) mass is 343 g/mol. The third-order valence-electron chi connectivity index (χ3n) is 6.75. The Bertz CT molecular complexity index is 649. The molecule has 1 aromatic carbocycles. The summed E-state index contributed by atoms with van der Waals surface area (Å²) in [6.45, 7) is 1.65. The van der Waals surface area contributed by atoms with E-state index in [9.17, 15) is 14.7 Å². The number of piperidine rings is 1. The van der Waals surface area contributed by atoms with Crippen LogP contribution in [0, 0.1) is 23.2 Å². The van der Waals surface area contributed by atoms with Gasteiger partial charge in [0.25, 0.3) is 0 Å². The van der Waals surface area contributed by atoms with Crippen molar-refractivity contribution in [2.45, 2.75) is 38.7 Å². The molecule has 1 N–H and O–H groups in total. The molecule has 3 saturated carbocycles. The molecule has 5 nitrogen and oxygen atoms in total. The summed E-state index contributed by atoms with van der Waals surface area (Å²) in [4.78, 5) is 25.6. The van der Waals surface area contributed by atoms with Gasteiger partial charge in [-0.25, -0.2) is 4.79 Å². The van der Waals surface area contributed by atoms with Gasteiger partial charge in [-0.05, 0) is 54.9 Å². The Morgan fingerprint density at radius 2 is 1.88 bits per heavy atom. The molecule has 1 heterocycles. The zero-order chi connectivity index (χ0) is 17.4. The summed E-state index contributed by atoms with van der Waals surface area (Å²) >= 11 is 0. The average Bonchev–Trinajstić information content (AvgIpc) is 3.21. The second-order valence-electron chi connectivity index (χ2n) is 7.85. The summed E-state index contributed by atoms with van der Waals surface area (Å²) in [5.74, 6) is 0.0735. The SMILES string of the molecule is O=C(O)C1C2CCC1(C1CCN(C(=O)OCc3ccccc3)CC1)C2. The molecule has 5 rings (SSSR count). The number of rotatable bonds is 4. The minimum Gasteiger partial charge on any atom is -0.481 e. The van der Waals surface area contributed by atoms with Crippen molar-refractivity contribution in [2.75, 3.05) is 13.1 Å². The van der Waals surface area contributed by atoms with Gasteiger partial charge >= 0.3 is 12.1 Å². The van der Waals surface area contributed by atoms with E-state index in [4.69, 9.17) is 4.74 Å². The van der Waals surface area contributed by atoms with Gasteiger partial charge in [-0.1, -0.05) is 30.3 Å². The molecule has 3 atom stereocenters. The van der Waals surface area contributed by atoms with Crippen LogP contribution >= 0.6 is 0 Å². The third kappa shape index (κ3) is 2.79. The number of hydrogen-bond donors (Lipinski definition) is 1. The van der Waals surface area contributed by atoms with E-state index in [1.54, 1.807) is 4.90 Å². The molecule has 5 heteroatoms. The predicted molar refractivity (Wildman–Crippen MR) is 91.8 cm³/mol. The molecule has 4 fully saturated rings. The van der Waals surface area contributed by atoms with E-state index in [2.05, 4.69) is 0 Å². The molecule has 1 amide bonds. The van der Waals surface area contributed by atoms with Crippen LogP contribution in [-0.2, 0) is 16.1 Å². The van der Waals surface area contributed by atoms with Gasteiger partial charge in [0, 0.05) is 13.1 Å². The Labute approximate surface area is 148 Å². The number of carboxylic acids is 1. The molecule has 1 saturated heterocycles. The van der Waals surface area contributed by atoms with Crippen molar-refractivity contribution in [1.82, 2.24) is 4.90 Å². The number of likely N-dealkylation sites (tertiary alicyclic amines) is 1. The second-order valence-corrected chi connectivity index (χ2v) is 7.85. The first-order chi connectivity index (χ1) is 12.1. The highest BCUT2D eigenvalue weighted by atomic mass is 16.6. The fourth-order valence-electron chi connectivity index (χ4n) is 5.54. The maximum absolute atomic E-state index is 12.3. The first kappa shape index (κ1) is 16.4. The Morgan fingerprint density at radius 3 is 2.52 bits per heavy atom. The zero-order valence-electron chi connectivity index (χ0n) is 14.4. The number of fused-ring (bicyclic) bond motifs is 1.